The van der Waals surface area contributed by atoms with Crippen molar-refractivity contribution in [3.63, 3.8) is 0 Å². The van der Waals surface area contributed by atoms with E-state index < -0.39 is 5.97 Å². The van der Waals surface area contributed by atoms with Crippen LogP contribution in [-0.4, -0.2) is 34.9 Å². The van der Waals surface area contributed by atoms with Gasteiger partial charge in [-0.1, -0.05) is 56.2 Å². The number of carbonyl (C=O) groups is 3. The fraction of sp³-hybridized carbons (Fsp3) is 0.536. The number of Topliss-reactive ketones (excluding diaryl/α,β-unsaturated/α-hetero) is 1. The Morgan fingerprint density at radius 2 is 1.97 bits per heavy atom. The quantitative estimate of drug-likeness (QED) is 0.203. The number of ether oxygens (including phenoxy) is 1. The van der Waals surface area contributed by atoms with Gasteiger partial charge < -0.3 is 14.9 Å². The minimum atomic E-state index is -0.864. The van der Waals surface area contributed by atoms with Crippen molar-refractivity contribution in [1.82, 2.24) is 0 Å². The minimum Gasteiger partial charge on any atom is -0.507 e. The average molecular weight is 505 g/mol. The lowest BCUT2D eigenvalue weighted by molar-refractivity contribution is -0.137. The number of phenols is 1. The Bertz CT molecular complexity index is 1030. The van der Waals surface area contributed by atoms with Crippen LogP contribution in [0, 0.1) is 24.2 Å². The highest BCUT2D eigenvalue weighted by Gasteiger charge is 2.41. The maximum absolute atomic E-state index is 12.3. The van der Waals surface area contributed by atoms with Gasteiger partial charge in [0.25, 0.3) is 0 Å². The van der Waals surface area contributed by atoms with E-state index in [1.165, 1.54) is 0 Å². The van der Waals surface area contributed by atoms with E-state index >= 15 is 0 Å². The van der Waals surface area contributed by atoms with E-state index in [9.17, 15) is 19.5 Å². The van der Waals surface area contributed by atoms with Gasteiger partial charge in [-0.25, -0.2) is 0 Å². The van der Waals surface area contributed by atoms with Crippen molar-refractivity contribution >= 4 is 29.6 Å². The zero-order valence-electron chi connectivity index (χ0n) is 21.3. The molecule has 2 N–H and O–H groups in total. The number of aliphatic carboxylic acids is 1. The molecule has 35 heavy (non-hydrogen) atoms. The normalized spacial score (nSPS) is 23.0. The number of aromatic hydroxyl groups is 1. The van der Waals surface area contributed by atoms with Gasteiger partial charge in [-0.15, -0.1) is 0 Å². The maximum Gasteiger partial charge on any atom is 0.303 e. The van der Waals surface area contributed by atoms with Gasteiger partial charge in [0.15, 0.2) is 6.29 Å². The van der Waals surface area contributed by atoms with Gasteiger partial charge in [-0.2, -0.15) is 0 Å². The molecule has 0 aliphatic heterocycles. The van der Waals surface area contributed by atoms with Crippen LogP contribution in [0.3, 0.4) is 0 Å². The van der Waals surface area contributed by atoms with Crippen molar-refractivity contribution in [3.05, 3.63) is 45.5 Å². The lowest BCUT2D eigenvalue weighted by Gasteiger charge is -2.42. The first-order valence-electron chi connectivity index (χ1n) is 12.2. The van der Waals surface area contributed by atoms with Crippen LogP contribution in [0.1, 0.15) is 81.3 Å². The molecule has 0 saturated heterocycles. The van der Waals surface area contributed by atoms with Crippen LogP contribution in [0.25, 0.3) is 0 Å². The van der Waals surface area contributed by atoms with E-state index in [1.54, 1.807) is 6.92 Å². The molecule has 7 heteroatoms. The lowest BCUT2D eigenvalue weighted by atomic mass is 9.61. The number of hydrogen-bond acceptors (Lipinski definition) is 5. The van der Waals surface area contributed by atoms with Crippen LogP contribution < -0.4 is 4.74 Å². The Balaban J connectivity index is 2.28. The summed E-state index contributed by atoms with van der Waals surface area (Å²) in [5, 5.41) is 19.9. The largest absolute Gasteiger partial charge is 0.507 e. The number of aldehydes is 1. The molecule has 0 spiro atoms. The summed E-state index contributed by atoms with van der Waals surface area (Å²) in [6.45, 7) is 10.1. The highest BCUT2D eigenvalue weighted by atomic mass is 35.5. The SMILES string of the molecule is CC(/C=C/C1(C)C(C)CCC(=O)C1C)=C\Cc1c(O)c(C=O)c(C)c(Cl)c1OCCCCC(=O)O. The third-order valence-electron chi connectivity index (χ3n) is 7.53. The number of allylic oxidation sites excluding steroid dienone is 4. The summed E-state index contributed by atoms with van der Waals surface area (Å²) in [6, 6.07) is 0. The standard InChI is InChI=1S/C28H37ClO6/c1-17(13-14-28(5)18(2)10-12-23(31)20(28)4)9-11-21-26(34)22(16-30)19(3)25(29)27(21)35-15-7-6-8-24(32)33/h9,13-14,16,18,20,34H,6-8,10-12,15H2,1-5H3,(H,32,33)/b14-13+,17-9+. The molecule has 0 amide bonds. The first kappa shape index (κ1) is 28.6. The van der Waals surface area contributed by atoms with Gasteiger partial charge in [0.05, 0.1) is 17.2 Å². The van der Waals surface area contributed by atoms with Gasteiger partial charge in [0.1, 0.15) is 17.3 Å². The highest BCUT2D eigenvalue weighted by Crippen LogP contribution is 2.45. The van der Waals surface area contributed by atoms with E-state index in [0.29, 0.717) is 54.1 Å². The summed E-state index contributed by atoms with van der Waals surface area (Å²) in [5.74, 6) is -0.0913. The van der Waals surface area contributed by atoms with E-state index in [4.69, 9.17) is 21.4 Å². The predicted molar refractivity (Wildman–Crippen MR) is 138 cm³/mol. The number of carboxylic acid groups (broad SMARTS) is 1. The van der Waals surface area contributed by atoms with Crippen molar-refractivity contribution in [2.24, 2.45) is 17.3 Å². The number of ketones is 1. The van der Waals surface area contributed by atoms with E-state index in [1.807, 2.05) is 26.0 Å². The molecule has 0 bridgehead atoms. The molecule has 1 saturated carbocycles. The van der Waals surface area contributed by atoms with E-state index in [0.717, 1.165) is 12.0 Å². The smallest absolute Gasteiger partial charge is 0.303 e. The zero-order chi connectivity index (χ0) is 26.3. The molecule has 192 valence electrons. The molecule has 0 radical (unpaired) electrons. The Morgan fingerprint density at radius 1 is 1.29 bits per heavy atom. The summed E-state index contributed by atoms with van der Waals surface area (Å²) in [7, 11) is 0. The van der Waals surface area contributed by atoms with Gasteiger partial charge >= 0.3 is 5.97 Å². The number of carboxylic acids is 1. The van der Waals surface area contributed by atoms with Crippen LogP contribution >= 0.6 is 11.6 Å². The van der Waals surface area contributed by atoms with Gasteiger partial charge in [0.2, 0.25) is 0 Å². The van der Waals surface area contributed by atoms with Crippen LogP contribution in [-0.2, 0) is 16.0 Å². The first-order chi connectivity index (χ1) is 16.4. The Morgan fingerprint density at radius 3 is 2.60 bits per heavy atom. The van der Waals surface area contributed by atoms with Gasteiger partial charge in [-0.05, 0) is 56.4 Å². The molecule has 3 atom stereocenters. The molecule has 0 heterocycles. The molecule has 1 aromatic rings. The molecule has 6 nitrogen and oxygen atoms in total. The van der Waals surface area contributed by atoms with Crippen molar-refractivity contribution in [2.45, 2.75) is 73.1 Å². The number of phenolic OH excluding ortho intramolecular Hbond substituents is 1. The minimum absolute atomic E-state index is 0.0495. The molecule has 1 aliphatic rings. The third kappa shape index (κ3) is 6.75. The number of carbonyl (C=O) groups excluding carboxylic acids is 2. The molecule has 3 unspecified atom stereocenters. The van der Waals surface area contributed by atoms with Crippen LogP contribution in [0.5, 0.6) is 11.5 Å². The van der Waals surface area contributed by atoms with Crippen LogP contribution in [0.15, 0.2) is 23.8 Å². The summed E-state index contributed by atoms with van der Waals surface area (Å²) >= 11 is 6.50. The number of hydrogen-bond donors (Lipinski definition) is 2. The van der Waals surface area contributed by atoms with E-state index in [2.05, 4.69) is 19.9 Å². The van der Waals surface area contributed by atoms with E-state index in [-0.39, 0.29) is 47.1 Å². The molecule has 0 aromatic heterocycles. The summed E-state index contributed by atoms with van der Waals surface area (Å²) in [5.41, 5.74) is 1.69. The summed E-state index contributed by atoms with van der Waals surface area (Å²) in [4.78, 5) is 34.6. The number of unbranched alkanes of at least 4 members (excludes halogenated alkanes) is 1. The van der Waals surface area contributed by atoms with Crippen molar-refractivity contribution in [1.29, 1.82) is 0 Å². The lowest BCUT2D eigenvalue weighted by Crippen LogP contribution is -2.40. The summed E-state index contributed by atoms with van der Waals surface area (Å²) in [6.07, 6.45) is 9.45. The molecule has 1 aromatic carbocycles. The molecule has 1 aliphatic carbocycles. The molecular formula is C28H37ClO6. The maximum atomic E-state index is 12.3. The topological polar surface area (TPSA) is 101 Å². The Labute approximate surface area is 213 Å². The van der Waals surface area contributed by atoms with Crippen LogP contribution in [0.4, 0.5) is 0 Å². The van der Waals surface area contributed by atoms with Crippen LogP contribution in [0.2, 0.25) is 5.02 Å². The number of rotatable bonds is 11. The summed E-state index contributed by atoms with van der Waals surface area (Å²) < 4.78 is 5.87. The van der Waals surface area contributed by atoms with Gasteiger partial charge in [0, 0.05) is 24.3 Å². The second-order valence-electron chi connectivity index (χ2n) is 9.81. The van der Waals surface area contributed by atoms with Gasteiger partial charge in [-0.3, -0.25) is 14.4 Å². The van der Waals surface area contributed by atoms with Crippen molar-refractivity contribution < 1.29 is 29.3 Å². The zero-order valence-corrected chi connectivity index (χ0v) is 22.1. The Kier molecular flexibility index (Phi) is 10.1. The van der Waals surface area contributed by atoms with Crippen molar-refractivity contribution in [2.75, 3.05) is 6.61 Å². The number of halogens is 1. The van der Waals surface area contributed by atoms with Crippen molar-refractivity contribution in [3.8, 4) is 11.5 Å². The average Bonchev–Trinajstić information content (AvgIpc) is 2.81. The Hall–Kier alpha value is -2.60. The monoisotopic (exact) mass is 504 g/mol. The number of benzene rings is 1. The second-order valence-corrected chi connectivity index (χ2v) is 10.2. The molecular weight excluding hydrogens is 468 g/mol. The molecule has 2 rings (SSSR count). The highest BCUT2D eigenvalue weighted by molar-refractivity contribution is 6.33. The second kappa shape index (κ2) is 12.4. The fourth-order valence-corrected chi connectivity index (χ4v) is 4.79. The molecule has 1 fully saturated rings. The third-order valence-corrected chi connectivity index (χ3v) is 7.99. The fourth-order valence-electron chi connectivity index (χ4n) is 4.52. The predicted octanol–water partition coefficient (Wildman–Crippen LogP) is 6.49. The first-order valence-corrected chi connectivity index (χ1v) is 12.5.